The van der Waals surface area contributed by atoms with Gasteiger partial charge in [0, 0.05) is 12.0 Å². The number of nitrogens with two attached hydrogens (primary N) is 1. The molecule has 0 atom stereocenters. The maximum absolute atomic E-state index is 11.0. The molecule has 1 fully saturated rings. The van der Waals surface area contributed by atoms with Crippen molar-refractivity contribution in [2.45, 2.75) is 39.2 Å². The number of aryl methyl sites for hydroxylation is 1. The highest BCUT2D eigenvalue weighted by Gasteiger charge is 2.22. The lowest BCUT2D eigenvalue weighted by Crippen LogP contribution is -2.34. The van der Waals surface area contributed by atoms with Crippen molar-refractivity contribution in [2.24, 2.45) is 11.7 Å². The molecule has 3 rings (SSSR count). The maximum atomic E-state index is 11.0. The van der Waals surface area contributed by atoms with Crippen molar-refractivity contribution in [3.8, 4) is 11.4 Å². The lowest BCUT2D eigenvalue weighted by molar-refractivity contribution is -0.119. The number of hydrogen-bond acceptors (Lipinski definition) is 5. The molecule has 1 saturated heterocycles. The van der Waals surface area contributed by atoms with Crippen molar-refractivity contribution in [1.82, 2.24) is 15.0 Å². The fourth-order valence-electron chi connectivity index (χ4n) is 3.15. The molecule has 1 aromatic heterocycles. The van der Waals surface area contributed by atoms with E-state index in [4.69, 9.17) is 10.3 Å². The van der Waals surface area contributed by atoms with Crippen LogP contribution >= 0.6 is 0 Å². The third-order valence-corrected chi connectivity index (χ3v) is 4.64. The van der Waals surface area contributed by atoms with Crippen LogP contribution in [-0.4, -0.2) is 34.0 Å². The van der Waals surface area contributed by atoms with Crippen LogP contribution in [-0.2, 0) is 17.8 Å². The van der Waals surface area contributed by atoms with Crippen LogP contribution in [0.1, 0.15) is 37.6 Å². The summed E-state index contributed by atoms with van der Waals surface area (Å²) in [5.41, 5.74) is 7.54. The first-order valence-corrected chi connectivity index (χ1v) is 8.56. The van der Waals surface area contributed by atoms with Gasteiger partial charge in [-0.2, -0.15) is 4.98 Å². The van der Waals surface area contributed by atoms with Gasteiger partial charge >= 0.3 is 0 Å². The summed E-state index contributed by atoms with van der Waals surface area (Å²) < 4.78 is 5.39. The summed E-state index contributed by atoms with van der Waals surface area (Å²) in [5.74, 6) is 1.48. The molecule has 2 N–H and O–H groups in total. The monoisotopic (exact) mass is 328 g/mol. The summed E-state index contributed by atoms with van der Waals surface area (Å²) in [6.45, 7) is 4.65. The van der Waals surface area contributed by atoms with Crippen LogP contribution in [0, 0.1) is 5.92 Å². The zero-order valence-electron chi connectivity index (χ0n) is 14.1. The third kappa shape index (κ3) is 4.20. The molecule has 1 aromatic carbocycles. The smallest absolute Gasteiger partial charge is 0.241 e. The predicted octanol–water partition coefficient (Wildman–Crippen LogP) is 2.39. The van der Waals surface area contributed by atoms with Crippen molar-refractivity contribution < 1.29 is 9.32 Å². The molecule has 1 aliphatic rings. The molecule has 0 radical (unpaired) electrons. The number of aromatic nitrogens is 2. The van der Waals surface area contributed by atoms with E-state index in [1.165, 1.54) is 5.56 Å². The van der Waals surface area contributed by atoms with E-state index in [9.17, 15) is 4.79 Å². The fraction of sp³-hybridized carbons (Fsp3) is 0.500. The molecule has 1 amide bonds. The van der Waals surface area contributed by atoms with Crippen molar-refractivity contribution >= 4 is 5.91 Å². The molecule has 0 unspecified atom stereocenters. The molecular weight excluding hydrogens is 304 g/mol. The first-order chi connectivity index (χ1) is 11.6. The highest BCUT2D eigenvalue weighted by molar-refractivity contribution is 5.74. The average Bonchev–Trinajstić information content (AvgIpc) is 3.05. The predicted molar refractivity (Wildman–Crippen MR) is 90.9 cm³/mol. The fourth-order valence-corrected chi connectivity index (χ4v) is 3.15. The van der Waals surface area contributed by atoms with Gasteiger partial charge in [-0.15, -0.1) is 0 Å². The number of primary amides is 1. The van der Waals surface area contributed by atoms with Crippen LogP contribution in [0.3, 0.4) is 0 Å². The first kappa shape index (κ1) is 16.6. The van der Waals surface area contributed by atoms with Gasteiger partial charge in [0.15, 0.2) is 0 Å². The Kier molecular flexibility index (Phi) is 5.25. The number of carbonyl (C=O) groups is 1. The van der Waals surface area contributed by atoms with Crippen LogP contribution in [0.5, 0.6) is 0 Å². The Balaban J connectivity index is 1.55. The van der Waals surface area contributed by atoms with Gasteiger partial charge in [0.2, 0.25) is 17.6 Å². The van der Waals surface area contributed by atoms with Gasteiger partial charge in [-0.05, 0) is 43.8 Å². The highest BCUT2D eigenvalue weighted by atomic mass is 16.5. The molecular formula is C18H24N4O2. The first-order valence-electron chi connectivity index (χ1n) is 8.56. The lowest BCUT2D eigenvalue weighted by atomic mass is 9.93. The quantitative estimate of drug-likeness (QED) is 0.880. The van der Waals surface area contributed by atoms with E-state index in [1.54, 1.807) is 0 Å². The number of hydrogen-bond donors (Lipinski definition) is 1. The molecule has 6 nitrogen and oxygen atoms in total. The summed E-state index contributed by atoms with van der Waals surface area (Å²) in [7, 11) is 0. The Labute approximate surface area is 142 Å². The summed E-state index contributed by atoms with van der Waals surface area (Å²) in [6.07, 6.45) is 3.49. The van der Waals surface area contributed by atoms with E-state index in [-0.39, 0.29) is 5.91 Å². The Hall–Kier alpha value is -2.21. The van der Waals surface area contributed by atoms with Gasteiger partial charge in [-0.1, -0.05) is 36.3 Å². The average molecular weight is 328 g/mol. The number of piperidine rings is 1. The molecule has 0 aliphatic carbocycles. The molecule has 0 bridgehead atoms. The zero-order chi connectivity index (χ0) is 16.9. The molecule has 24 heavy (non-hydrogen) atoms. The van der Waals surface area contributed by atoms with Gasteiger partial charge in [-0.3, -0.25) is 9.69 Å². The molecule has 1 aliphatic heterocycles. The number of amides is 1. The molecule has 2 heterocycles. The topological polar surface area (TPSA) is 85.3 Å². The van der Waals surface area contributed by atoms with Gasteiger partial charge in [-0.25, -0.2) is 0 Å². The second kappa shape index (κ2) is 7.57. The van der Waals surface area contributed by atoms with Gasteiger partial charge < -0.3 is 10.3 Å². The van der Waals surface area contributed by atoms with E-state index in [2.05, 4.69) is 34.1 Å². The SMILES string of the molecule is CCc1ccc(-c2noc(CN3CCC(CC(N)=O)CC3)n2)cc1. The van der Waals surface area contributed by atoms with Crippen molar-refractivity contribution in [2.75, 3.05) is 13.1 Å². The Morgan fingerprint density at radius 3 is 2.62 bits per heavy atom. The normalized spacial score (nSPS) is 16.4. The van der Waals surface area contributed by atoms with Gasteiger partial charge in [0.25, 0.3) is 0 Å². The minimum absolute atomic E-state index is 0.205. The Bertz CT molecular complexity index is 673. The second-order valence-corrected chi connectivity index (χ2v) is 6.45. The van der Waals surface area contributed by atoms with Crippen molar-refractivity contribution in [3.05, 3.63) is 35.7 Å². The number of carbonyl (C=O) groups excluding carboxylic acids is 1. The highest BCUT2D eigenvalue weighted by Crippen LogP contribution is 2.22. The van der Waals surface area contributed by atoms with Crippen LogP contribution in [0.2, 0.25) is 0 Å². The van der Waals surface area contributed by atoms with Crippen LogP contribution < -0.4 is 5.73 Å². The van der Waals surface area contributed by atoms with E-state index >= 15 is 0 Å². The summed E-state index contributed by atoms with van der Waals surface area (Å²) in [5, 5.41) is 4.09. The number of likely N-dealkylation sites (tertiary alicyclic amines) is 1. The standard InChI is InChI=1S/C18H24N4O2/c1-2-13-3-5-15(6-4-13)18-20-17(24-21-18)12-22-9-7-14(8-10-22)11-16(19)23/h3-6,14H,2,7-12H2,1H3,(H2,19,23). The van der Waals surface area contributed by atoms with E-state index in [1.807, 2.05) is 12.1 Å². The number of rotatable bonds is 6. The Morgan fingerprint density at radius 2 is 2.00 bits per heavy atom. The van der Waals surface area contributed by atoms with Crippen molar-refractivity contribution in [3.63, 3.8) is 0 Å². The molecule has 0 saturated carbocycles. The van der Waals surface area contributed by atoms with Crippen LogP contribution in [0.25, 0.3) is 11.4 Å². The summed E-state index contributed by atoms with van der Waals surface area (Å²) in [6, 6.07) is 8.25. The third-order valence-electron chi connectivity index (χ3n) is 4.64. The van der Waals surface area contributed by atoms with Gasteiger partial charge in [0.1, 0.15) is 0 Å². The largest absolute Gasteiger partial charge is 0.370 e. The second-order valence-electron chi connectivity index (χ2n) is 6.45. The van der Waals surface area contributed by atoms with Crippen LogP contribution in [0.4, 0.5) is 0 Å². The lowest BCUT2D eigenvalue weighted by Gasteiger charge is -2.30. The van der Waals surface area contributed by atoms with Crippen LogP contribution in [0.15, 0.2) is 28.8 Å². The van der Waals surface area contributed by atoms with Gasteiger partial charge in [0.05, 0.1) is 6.54 Å². The Morgan fingerprint density at radius 1 is 1.29 bits per heavy atom. The maximum Gasteiger partial charge on any atom is 0.241 e. The van der Waals surface area contributed by atoms with E-state index in [0.717, 1.165) is 37.9 Å². The number of nitrogens with zero attached hydrogens (tertiary/aromatic N) is 3. The molecule has 0 spiro atoms. The molecule has 2 aromatic rings. The van der Waals surface area contributed by atoms with Crippen molar-refractivity contribution in [1.29, 1.82) is 0 Å². The summed E-state index contributed by atoms with van der Waals surface area (Å²) in [4.78, 5) is 17.8. The van der Waals surface area contributed by atoms with E-state index < -0.39 is 0 Å². The van der Waals surface area contributed by atoms with E-state index in [0.29, 0.717) is 30.6 Å². The minimum atomic E-state index is -0.205. The zero-order valence-corrected chi connectivity index (χ0v) is 14.1. The minimum Gasteiger partial charge on any atom is -0.370 e. The molecule has 6 heteroatoms. The molecule has 128 valence electrons. The number of benzene rings is 1. The summed E-state index contributed by atoms with van der Waals surface area (Å²) >= 11 is 0.